The number of nitrogens with zero attached hydrogens (tertiary/aromatic N) is 4. The van der Waals surface area contributed by atoms with Gasteiger partial charge in [-0.3, -0.25) is 13.9 Å². The minimum atomic E-state index is -0.797. The van der Waals surface area contributed by atoms with Crippen molar-refractivity contribution in [3.63, 3.8) is 0 Å². The van der Waals surface area contributed by atoms with Crippen LogP contribution in [0.2, 0.25) is 5.02 Å². The highest BCUT2D eigenvalue weighted by Gasteiger charge is 2.27. The van der Waals surface area contributed by atoms with Crippen LogP contribution >= 0.6 is 11.6 Å². The average molecular weight is 680 g/mol. The summed E-state index contributed by atoms with van der Waals surface area (Å²) in [4.78, 5) is 25.2. The molecular formula is C35H39ClFN5O4S. The quantitative estimate of drug-likeness (QED) is 0.217. The van der Waals surface area contributed by atoms with Gasteiger partial charge in [-0.2, -0.15) is 0 Å². The second-order valence-electron chi connectivity index (χ2n) is 12.7. The number of carbonyl (C=O) groups excluding carboxylic acids is 1. The van der Waals surface area contributed by atoms with Gasteiger partial charge < -0.3 is 19.4 Å². The largest absolute Gasteiger partial charge is 0.473 e. The Hall–Kier alpha value is -3.38. The molecule has 3 aliphatic heterocycles. The van der Waals surface area contributed by atoms with Crippen LogP contribution in [0.4, 0.5) is 10.1 Å². The van der Waals surface area contributed by atoms with Crippen molar-refractivity contribution in [2.24, 2.45) is 5.92 Å². The van der Waals surface area contributed by atoms with Gasteiger partial charge >= 0.3 is 0 Å². The van der Waals surface area contributed by atoms with E-state index in [0.29, 0.717) is 46.7 Å². The van der Waals surface area contributed by atoms with E-state index in [-0.39, 0.29) is 24.5 Å². The second-order valence-corrected chi connectivity index (χ2v) is 14.8. The number of likely N-dealkylation sites (tertiary alicyclic amines) is 1. The van der Waals surface area contributed by atoms with E-state index in [4.69, 9.17) is 31.0 Å². The summed E-state index contributed by atoms with van der Waals surface area (Å²) in [7, 11) is -0.797. The third-order valence-electron chi connectivity index (χ3n) is 9.54. The van der Waals surface area contributed by atoms with Crippen molar-refractivity contribution in [1.29, 1.82) is 0 Å². The standard InChI is InChI=1S/C35H39ClFN5O4S/c36-26-5-4-25(29(37)18-26)22-46-34-3-1-2-30(40-34)23-8-13-41(14-9-23)21-33-39-31-19-27(38-35(43)24-11-16-47(44)17-12-24)6-7-32(31)42(33)20-28-10-15-45-28/h1-7,18-19,23-24,28H,8-17,20-22H2,(H,38,43)/t24?,28-,47?/m0/s1. The van der Waals surface area contributed by atoms with Crippen molar-refractivity contribution in [3.8, 4) is 5.88 Å². The summed E-state index contributed by atoms with van der Waals surface area (Å²) in [5.74, 6) is 2.48. The van der Waals surface area contributed by atoms with Crippen molar-refractivity contribution >= 4 is 45.0 Å². The minimum Gasteiger partial charge on any atom is -0.473 e. The molecule has 7 rings (SSSR count). The number of nitrogens with one attached hydrogen (secondary N) is 1. The summed E-state index contributed by atoms with van der Waals surface area (Å²) in [6, 6.07) is 16.3. The number of rotatable bonds is 10. The third kappa shape index (κ3) is 7.69. The zero-order valence-corrected chi connectivity index (χ0v) is 27.8. The molecule has 2 aromatic carbocycles. The molecule has 47 heavy (non-hydrogen) atoms. The maximum absolute atomic E-state index is 14.2. The molecule has 0 saturated carbocycles. The van der Waals surface area contributed by atoms with Gasteiger partial charge in [0.1, 0.15) is 18.2 Å². The molecule has 12 heteroatoms. The molecule has 248 valence electrons. The third-order valence-corrected chi connectivity index (χ3v) is 11.2. The molecule has 4 aromatic rings. The summed E-state index contributed by atoms with van der Waals surface area (Å²) < 4.78 is 39.8. The molecule has 9 nitrogen and oxygen atoms in total. The number of hydrogen-bond donors (Lipinski definition) is 1. The molecule has 2 aromatic heterocycles. The van der Waals surface area contributed by atoms with Gasteiger partial charge in [0.2, 0.25) is 11.8 Å². The Morgan fingerprint density at radius 2 is 1.85 bits per heavy atom. The zero-order chi connectivity index (χ0) is 32.3. The van der Waals surface area contributed by atoms with E-state index in [2.05, 4.69) is 14.8 Å². The van der Waals surface area contributed by atoms with E-state index >= 15 is 0 Å². The molecule has 0 unspecified atom stereocenters. The number of aromatic nitrogens is 3. The van der Waals surface area contributed by atoms with Crippen LogP contribution in [0.15, 0.2) is 54.6 Å². The van der Waals surface area contributed by atoms with Crippen LogP contribution in [-0.2, 0) is 40.0 Å². The molecule has 1 atom stereocenters. The number of hydrogen-bond acceptors (Lipinski definition) is 7. The molecule has 1 amide bonds. The highest BCUT2D eigenvalue weighted by atomic mass is 35.5. The number of halogens is 2. The number of imidazole rings is 1. The average Bonchev–Trinajstić information content (AvgIpc) is 3.38. The van der Waals surface area contributed by atoms with Gasteiger partial charge in [-0.1, -0.05) is 23.7 Å². The number of carbonyl (C=O) groups is 1. The minimum absolute atomic E-state index is 0.00603. The number of fused-ring (bicyclic) bond motifs is 1. The van der Waals surface area contributed by atoms with Crippen LogP contribution in [-0.4, -0.2) is 66.9 Å². The predicted molar refractivity (Wildman–Crippen MR) is 181 cm³/mol. The normalized spacial score (nSPS) is 22.2. The number of benzene rings is 2. The van der Waals surface area contributed by atoms with E-state index in [1.807, 2.05) is 30.3 Å². The van der Waals surface area contributed by atoms with Gasteiger partial charge in [-0.25, -0.2) is 14.4 Å². The fourth-order valence-corrected chi connectivity index (χ4v) is 8.09. The maximum Gasteiger partial charge on any atom is 0.227 e. The van der Waals surface area contributed by atoms with Crippen LogP contribution < -0.4 is 10.1 Å². The topological polar surface area (TPSA) is 98.6 Å². The fourth-order valence-electron chi connectivity index (χ4n) is 6.63. The van der Waals surface area contributed by atoms with Gasteiger partial charge in [0.05, 0.1) is 30.2 Å². The number of ether oxygens (including phenoxy) is 2. The summed E-state index contributed by atoms with van der Waals surface area (Å²) in [5, 5.41) is 3.43. The Bertz CT molecular complexity index is 1760. The van der Waals surface area contributed by atoms with Crippen molar-refractivity contribution in [1.82, 2.24) is 19.4 Å². The van der Waals surface area contributed by atoms with Crippen LogP contribution in [0.3, 0.4) is 0 Å². The lowest BCUT2D eigenvalue weighted by Crippen LogP contribution is -2.35. The van der Waals surface area contributed by atoms with Gasteiger partial charge in [-0.15, -0.1) is 0 Å². The second kappa shape index (κ2) is 14.4. The first-order valence-electron chi connectivity index (χ1n) is 16.4. The Kier molecular flexibility index (Phi) is 9.85. The highest BCUT2D eigenvalue weighted by molar-refractivity contribution is 7.85. The van der Waals surface area contributed by atoms with E-state index < -0.39 is 16.6 Å². The number of piperidine rings is 1. The van der Waals surface area contributed by atoms with Gasteiger partial charge in [0.15, 0.2) is 0 Å². The number of amides is 1. The Morgan fingerprint density at radius 1 is 1.04 bits per heavy atom. The van der Waals surface area contributed by atoms with Gasteiger partial charge in [0, 0.05) is 68.8 Å². The first-order chi connectivity index (χ1) is 22.9. The first kappa shape index (κ1) is 32.2. The van der Waals surface area contributed by atoms with E-state index in [9.17, 15) is 13.4 Å². The summed E-state index contributed by atoms with van der Waals surface area (Å²) in [6.07, 6.45) is 4.47. The zero-order valence-electron chi connectivity index (χ0n) is 26.2. The molecule has 3 saturated heterocycles. The van der Waals surface area contributed by atoms with Crippen LogP contribution in [0.25, 0.3) is 11.0 Å². The molecule has 5 heterocycles. The Morgan fingerprint density at radius 3 is 2.60 bits per heavy atom. The first-order valence-corrected chi connectivity index (χ1v) is 18.3. The summed E-state index contributed by atoms with van der Waals surface area (Å²) in [6.45, 7) is 4.17. The molecule has 0 bridgehead atoms. The van der Waals surface area contributed by atoms with E-state index in [1.54, 1.807) is 18.2 Å². The number of pyridine rings is 1. The predicted octanol–water partition coefficient (Wildman–Crippen LogP) is 6.07. The summed E-state index contributed by atoms with van der Waals surface area (Å²) >= 11 is 5.87. The molecular weight excluding hydrogens is 641 g/mol. The summed E-state index contributed by atoms with van der Waals surface area (Å²) in [5.41, 5.74) is 4.06. The van der Waals surface area contributed by atoms with E-state index in [0.717, 1.165) is 80.3 Å². The smallest absolute Gasteiger partial charge is 0.227 e. The molecule has 0 radical (unpaired) electrons. The van der Waals surface area contributed by atoms with Crippen molar-refractivity contribution in [2.45, 2.75) is 63.8 Å². The highest BCUT2D eigenvalue weighted by Crippen LogP contribution is 2.31. The Balaban J connectivity index is 0.994. The van der Waals surface area contributed by atoms with Crippen molar-refractivity contribution in [3.05, 3.63) is 82.5 Å². The maximum atomic E-state index is 14.2. The monoisotopic (exact) mass is 679 g/mol. The lowest BCUT2D eigenvalue weighted by Gasteiger charge is -2.32. The van der Waals surface area contributed by atoms with Gasteiger partial charge in [-0.05, 0) is 81.6 Å². The Labute approximate surface area is 281 Å². The molecule has 0 aliphatic carbocycles. The van der Waals surface area contributed by atoms with Crippen LogP contribution in [0, 0.1) is 11.7 Å². The fraction of sp³-hybridized carbons (Fsp3) is 0.457. The van der Waals surface area contributed by atoms with Crippen molar-refractivity contribution < 1.29 is 22.9 Å². The molecule has 1 N–H and O–H groups in total. The van der Waals surface area contributed by atoms with Crippen molar-refractivity contribution in [2.75, 3.05) is 36.5 Å². The van der Waals surface area contributed by atoms with Gasteiger partial charge in [0.25, 0.3) is 0 Å². The lowest BCUT2D eigenvalue weighted by molar-refractivity contribution is -0.120. The number of anilines is 1. The molecule has 3 aliphatic rings. The molecule has 3 fully saturated rings. The van der Waals surface area contributed by atoms with Crippen LogP contribution in [0.5, 0.6) is 5.88 Å². The van der Waals surface area contributed by atoms with Crippen LogP contribution in [0.1, 0.15) is 55.1 Å². The van der Waals surface area contributed by atoms with E-state index in [1.165, 1.54) is 6.07 Å². The molecule has 0 spiro atoms. The SMILES string of the molecule is O=C(Nc1ccc2c(c1)nc(CN1CCC(c3cccc(OCc4ccc(Cl)cc4F)n3)CC1)n2C[C@@H]1CCO1)C1CCS(=O)CC1. The lowest BCUT2D eigenvalue weighted by atomic mass is 9.93.